The van der Waals surface area contributed by atoms with E-state index in [1.807, 2.05) is 19.1 Å². The van der Waals surface area contributed by atoms with Gasteiger partial charge in [0.1, 0.15) is 11.6 Å². The Morgan fingerprint density at radius 1 is 1.38 bits per heavy atom. The van der Waals surface area contributed by atoms with Gasteiger partial charge in [-0.1, -0.05) is 0 Å². The lowest BCUT2D eigenvalue weighted by molar-refractivity contribution is -0.122. The number of aromatic nitrogens is 2. The summed E-state index contributed by atoms with van der Waals surface area (Å²) < 4.78 is 7.16. The molecule has 0 saturated carbocycles. The van der Waals surface area contributed by atoms with Gasteiger partial charge in [0.2, 0.25) is 0 Å². The summed E-state index contributed by atoms with van der Waals surface area (Å²) in [7, 11) is 0. The van der Waals surface area contributed by atoms with Crippen LogP contribution in [0.3, 0.4) is 0 Å². The Morgan fingerprint density at radius 3 is 2.71 bits per heavy atom. The number of aryl methyl sites for hydroxylation is 2. The number of hydrogen-bond acceptors (Lipinski definition) is 5. The minimum atomic E-state index is -0.724. The summed E-state index contributed by atoms with van der Waals surface area (Å²) in [4.78, 5) is 12.3. The van der Waals surface area contributed by atoms with Crippen molar-refractivity contribution in [3.05, 3.63) is 41.6 Å². The summed E-state index contributed by atoms with van der Waals surface area (Å²) >= 11 is 0. The summed E-state index contributed by atoms with van der Waals surface area (Å²) in [6, 6.07) is 12.3. The van der Waals surface area contributed by atoms with E-state index in [-0.39, 0.29) is 5.91 Å². The molecule has 7 nitrogen and oxygen atoms in total. The minimum absolute atomic E-state index is 0.307. The van der Waals surface area contributed by atoms with Gasteiger partial charge in [-0.05, 0) is 38.1 Å². The van der Waals surface area contributed by atoms with Gasteiger partial charge in [-0.3, -0.25) is 4.79 Å². The van der Waals surface area contributed by atoms with Crippen LogP contribution in [-0.2, 0) is 11.3 Å². The van der Waals surface area contributed by atoms with E-state index in [9.17, 15) is 4.79 Å². The van der Waals surface area contributed by atoms with Gasteiger partial charge in [-0.2, -0.15) is 15.6 Å². The van der Waals surface area contributed by atoms with E-state index in [0.717, 1.165) is 5.69 Å². The van der Waals surface area contributed by atoms with Crippen molar-refractivity contribution in [1.82, 2.24) is 9.78 Å². The summed E-state index contributed by atoms with van der Waals surface area (Å²) in [6.07, 6.45) is -0.418. The standard InChI is InChI=1S/C17H17N5O2/c1-12-10-16(22(21-12)9-3-8-18)20-17(23)13(2)24-15-6-4-14(11-19)5-7-15/h4-7,10,13H,3,9H2,1-2H3,(H,20,23)/t13-/m0/s1. The van der Waals surface area contributed by atoms with Crippen LogP contribution in [0, 0.1) is 29.6 Å². The van der Waals surface area contributed by atoms with Crippen LogP contribution in [0.15, 0.2) is 30.3 Å². The first-order valence-electron chi connectivity index (χ1n) is 7.42. The third-order valence-electron chi connectivity index (χ3n) is 3.25. The molecule has 2 aromatic rings. The van der Waals surface area contributed by atoms with Crippen LogP contribution in [0.2, 0.25) is 0 Å². The van der Waals surface area contributed by atoms with Crippen molar-refractivity contribution in [3.63, 3.8) is 0 Å². The maximum atomic E-state index is 12.3. The lowest BCUT2D eigenvalue weighted by atomic mass is 10.2. The molecule has 2 rings (SSSR count). The van der Waals surface area contributed by atoms with E-state index in [1.54, 1.807) is 41.9 Å². The number of nitrogens with one attached hydrogen (secondary N) is 1. The van der Waals surface area contributed by atoms with E-state index in [0.29, 0.717) is 30.1 Å². The summed E-state index contributed by atoms with van der Waals surface area (Å²) in [5, 5.41) is 24.4. The first-order valence-corrected chi connectivity index (χ1v) is 7.42. The number of ether oxygens (including phenoxy) is 1. The van der Waals surface area contributed by atoms with Crippen LogP contribution in [0.5, 0.6) is 5.75 Å². The SMILES string of the molecule is Cc1cc(NC(=O)[C@H](C)Oc2ccc(C#N)cc2)n(CCC#N)n1. The third kappa shape index (κ3) is 4.34. The van der Waals surface area contributed by atoms with Crippen LogP contribution in [-0.4, -0.2) is 21.8 Å². The van der Waals surface area contributed by atoms with E-state index >= 15 is 0 Å². The minimum Gasteiger partial charge on any atom is -0.481 e. The normalized spacial score (nSPS) is 11.2. The zero-order valence-electron chi connectivity index (χ0n) is 13.5. The third-order valence-corrected chi connectivity index (χ3v) is 3.25. The average Bonchev–Trinajstić information content (AvgIpc) is 2.92. The van der Waals surface area contributed by atoms with Crippen molar-refractivity contribution < 1.29 is 9.53 Å². The number of carbonyl (C=O) groups is 1. The fraction of sp³-hybridized carbons (Fsp3) is 0.294. The Hall–Kier alpha value is -3.32. The Morgan fingerprint density at radius 2 is 2.08 bits per heavy atom. The van der Waals surface area contributed by atoms with Crippen LogP contribution in [0.1, 0.15) is 24.6 Å². The largest absolute Gasteiger partial charge is 0.481 e. The molecule has 1 atom stereocenters. The maximum Gasteiger partial charge on any atom is 0.266 e. The fourth-order valence-corrected chi connectivity index (χ4v) is 2.07. The molecule has 0 radical (unpaired) electrons. The molecule has 1 heterocycles. The highest BCUT2D eigenvalue weighted by molar-refractivity contribution is 5.93. The predicted molar refractivity (Wildman–Crippen MR) is 87.1 cm³/mol. The van der Waals surface area contributed by atoms with Crippen molar-refractivity contribution in [2.24, 2.45) is 0 Å². The Kier molecular flexibility index (Phi) is 5.54. The highest BCUT2D eigenvalue weighted by atomic mass is 16.5. The summed E-state index contributed by atoms with van der Waals surface area (Å²) in [6.45, 7) is 3.86. The van der Waals surface area contributed by atoms with Gasteiger partial charge in [0.25, 0.3) is 5.91 Å². The molecule has 1 aromatic carbocycles. The number of carbonyl (C=O) groups excluding carboxylic acids is 1. The molecule has 0 aliphatic carbocycles. The second-order valence-corrected chi connectivity index (χ2v) is 5.19. The molecule has 0 spiro atoms. The summed E-state index contributed by atoms with van der Waals surface area (Å²) in [5.74, 6) is 0.714. The number of rotatable bonds is 6. The average molecular weight is 323 g/mol. The molecule has 0 aliphatic rings. The predicted octanol–water partition coefficient (Wildman–Crippen LogP) is 2.38. The van der Waals surface area contributed by atoms with E-state index in [1.165, 1.54) is 0 Å². The number of benzene rings is 1. The van der Waals surface area contributed by atoms with Crippen molar-refractivity contribution in [1.29, 1.82) is 10.5 Å². The topological polar surface area (TPSA) is 104 Å². The Labute approximate surface area is 140 Å². The van der Waals surface area contributed by atoms with Gasteiger partial charge in [-0.15, -0.1) is 0 Å². The van der Waals surface area contributed by atoms with Crippen molar-refractivity contribution in [3.8, 4) is 17.9 Å². The van der Waals surface area contributed by atoms with Crippen molar-refractivity contribution >= 4 is 11.7 Å². The number of nitrogens with zero attached hydrogens (tertiary/aromatic N) is 4. The number of anilines is 1. The Balaban J connectivity index is 2.01. The molecule has 0 unspecified atom stereocenters. The van der Waals surface area contributed by atoms with Crippen molar-refractivity contribution in [2.75, 3.05) is 5.32 Å². The van der Waals surface area contributed by atoms with Crippen LogP contribution < -0.4 is 10.1 Å². The lowest BCUT2D eigenvalue weighted by Crippen LogP contribution is -2.31. The van der Waals surface area contributed by atoms with Gasteiger partial charge in [-0.25, -0.2) is 4.68 Å². The maximum absolute atomic E-state index is 12.3. The molecule has 0 fully saturated rings. The van der Waals surface area contributed by atoms with Gasteiger partial charge in [0.15, 0.2) is 6.10 Å². The quantitative estimate of drug-likeness (QED) is 0.879. The fourth-order valence-electron chi connectivity index (χ4n) is 2.07. The molecular formula is C17H17N5O2. The molecule has 7 heteroatoms. The van der Waals surface area contributed by atoms with Crippen molar-refractivity contribution in [2.45, 2.75) is 32.9 Å². The first-order chi connectivity index (χ1) is 11.5. The molecular weight excluding hydrogens is 306 g/mol. The summed E-state index contributed by atoms with van der Waals surface area (Å²) in [5.41, 5.74) is 1.28. The molecule has 122 valence electrons. The number of nitriles is 2. The molecule has 24 heavy (non-hydrogen) atoms. The number of hydrogen-bond donors (Lipinski definition) is 1. The van der Waals surface area contributed by atoms with Crippen LogP contribution in [0.4, 0.5) is 5.82 Å². The molecule has 0 aliphatic heterocycles. The van der Waals surface area contributed by atoms with Gasteiger partial charge >= 0.3 is 0 Å². The molecule has 1 aromatic heterocycles. The van der Waals surface area contributed by atoms with Gasteiger partial charge in [0, 0.05) is 6.07 Å². The van der Waals surface area contributed by atoms with Crippen LogP contribution >= 0.6 is 0 Å². The van der Waals surface area contributed by atoms with E-state index in [2.05, 4.69) is 10.4 Å². The van der Waals surface area contributed by atoms with E-state index in [4.69, 9.17) is 15.3 Å². The zero-order valence-corrected chi connectivity index (χ0v) is 13.5. The molecule has 1 amide bonds. The lowest BCUT2D eigenvalue weighted by Gasteiger charge is -2.15. The molecule has 0 bridgehead atoms. The second kappa shape index (κ2) is 7.80. The van der Waals surface area contributed by atoms with Gasteiger partial charge < -0.3 is 10.1 Å². The molecule has 0 saturated heterocycles. The second-order valence-electron chi connectivity index (χ2n) is 5.19. The van der Waals surface area contributed by atoms with Crippen LogP contribution in [0.25, 0.3) is 0 Å². The monoisotopic (exact) mass is 323 g/mol. The highest BCUT2D eigenvalue weighted by Crippen LogP contribution is 2.15. The first kappa shape index (κ1) is 17.0. The number of amides is 1. The highest BCUT2D eigenvalue weighted by Gasteiger charge is 2.17. The Bertz CT molecular complexity index is 796. The zero-order chi connectivity index (χ0) is 17.5. The molecule has 1 N–H and O–H groups in total. The van der Waals surface area contributed by atoms with E-state index < -0.39 is 6.10 Å². The smallest absolute Gasteiger partial charge is 0.266 e. The van der Waals surface area contributed by atoms with Gasteiger partial charge in [0.05, 0.1) is 36.4 Å².